The molecule has 5 nitrogen and oxygen atoms in total. The first-order valence-electron chi connectivity index (χ1n) is 8.71. The molecule has 1 aliphatic rings. The molecule has 0 radical (unpaired) electrons. The standard InChI is InChI=1S/C17H31N5S.HI/c1-13-8-5-6-10-22(13)11-7-9-19-17(18-4)20-12-16-21-14(2)15(3)23-16;/h13H,5-12H2,1-4H3,(H2,18,19,20);1H. The summed E-state index contributed by atoms with van der Waals surface area (Å²) in [6.07, 6.45) is 5.25. The molecular weight excluding hydrogens is 433 g/mol. The van der Waals surface area contributed by atoms with Crippen LogP contribution in [0, 0.1) is 13.8 Å². The monoisotopic (exact) mass is 465 g/mol. The number of aromatic nitrogens is 1. The Morgan fingerprint density at radius 2 is 2.12 bits per heavy atom. The number of aliphatic imine (C=N–C) groups is 1. The minimum Gasteiger partial charge on any atom is -0.356 e. The van der Waals surface area contributed by atoms with Crippen LogP contribution in [0.2, 0.25) is 0 Å². The van der Waals surface area contributed by atoms with Gasteiger partial charge in [-0.15, -0.1) is 35.3 Å². The van der Waals surface area contributed by atoms with E-state index in [0.29, 0.717) is 0 Å². The first-order valence-corrected chi connectivity index (χ1v) is 9.53. The van der Waals surface area contributed by atoms with Gasteiger partial charge in [0.1, 0.15) is 5.01 Å². The van der Waals surface area contributed by atoms with Crippen molar-refractivity contribution in [1.29, 1.82) is 0 Å². The Morgan fingerprint density at radius 1 is 1.33 bits per heavy atom. The van der Waals surface area contributed by atoms with Crippen LogP contribution in [0.5, 0.6) is 0 Å². The van der Waals surface area contributed by atoms with E-state index in [0.717, 1.165) is 42.2 Å². The molecule has 1 aliphatic heterocycles. The number of halogens is 1. The number of piperidine rings is 1. The van der Waals surface area contributed by atoms with E-state index < -0.39 is 0 Å². The van der Waals surface area contributed by atoms with Crippen LogP contribution in [-0.2, 0) is 6.54 Å². The Balaban J connectivity index is 0.00000288. The molecular formula is C17H32IN5S. The minimum absolute atomic E-state index is 0. The number of thiazole rings is 1. The maximum atomic E-state index is 4.55. The predicted molar refractivity (Wildman–Crippen MR) is 115 cm³/mol. The van der Waals surface area contributed by atoms with Crippen LogP contribution >= 0.6 is 35.3 Å². The van der Waals surface area contributed by atoms with Crippen LogP contribution < -0.4 is 10.6 Å². The molecule has 2 heterocycles. The van der Waals surface area contributed by atoms with E-state index in [1.807, 2.05) is 7.05 Å². The third-order valence-corrected chi connectivity index (χ3v) is 5.63. The van der Waals surface area contributed by atoms with E-state index in [4.69, 9.17) is 0 Å². The van der Waals surface area contributed by atoms with Crippen molar-refractivity contribution in [1.82, 2.24) is 20.5 Å². The van der Waals surface area contributed by atoms with Crippen LogP contribution in [0.3, 0.4) is 0 Å². The highest BCUT2D eigenvalue weighted by atomic mass is 127. The molecule has 2 rings (SSSR count). The molecule has 1 fully saturated rings. The summed E-state index contributed by atoms with van der Waals surface area (Å²) in [7, 11) is 1.82. The Hall–Kier alpha value is -0.410. The summed E-state index contributed by atoms with van der Waals surface area (Å²) in [5.41, 5.74) is 1.13. The van der Waals surface area contributed by atoms with Crippen molar-refractivity contribution >= 4 is 41.3 Å². The fraction of sp³-hybridized carbons (Fsp3) is 0.765. The Labute approximate surface area is 167 Å². The maximum absolute atomic E-state index is 4.55. The molecule has 24 heavy (non-hydrogen) atoms. The predicted octanol–water partition coefficient (Wildman–Crippen LogP) is 3.31. The van der Waals surface area contributed by atoms with Gasteiger partial charge in [0.2, 0.25) is 0 Å². The van der Waals surface area contributed by atoms with Crippen molar-refractivity contribution in [2.24, 2.45) is 4.99 Å². The molecule has 1 saturated heterocycles. The number of hydrogen-bond acceptors (Lipinski definition) is 4. The molecule has 0 amide bonds. The zero-order valence-corrected chi connectivity index (χ0v) is 18.5. The summed E-state index contributed by atoms with van der Waals surface area (Å²) in [5.74, 6) is 0.863. The molecule has 0 aromatic carbocycles. The quantitative estimate of drug-likeness (QED) is 0.293. The smallest absolute Gasteiger partial charge is 0.191 e. The van der Waals surface area contributed by atoms with Crippen molar-refractivity contribution in [3.63, 3.8) is 0 Å². The third kappa shape index (κ3) is 6.84. The van der Waals surface area contributed by atoms with Gasteiger partial charge in [-0.05, 0) is 46.6 Å². The van der Waals surface area contributed by atoms with E-state index in [-0.39, 0.29) is 24.0 Å². The molecule has 1 aromatic rings. The number of likely N-dealkylation sites (tertiary alicyclic amines) is 1. The highest BCUT2D eigenvalue weighted by molar-refractivity contribution is 14.0. The molecule has 138 valence electrons. The van der Waals surface area contributed by atoms with Gasteiger partial charge in [0.25, 0.3) is 0 Å². The first kappa shape index (κ1) is 21.6. The van der Waals surface area contributed by atoms with Gasteiger partial charge >= 0.3 is 0 Å². The van der Waals surface area contributed by atoms with Gasteiger partial charge in [0.05, 0.1) is 12.2 Å². The fourth-order valence-electron chi connectivity index (χ4n) is 2.97. The van der Waals surface area contributed by atoms with Crippen LogP contribution in [0.4, 0.5) is 0 Å². The van der Waals surface area contributed by atoms with E-state index in [9.17, 15) is 0 Å². The van der Waals surface area contributed by atoms with Gasteiger partial charge in [-0.25, -0.2) is 4.98 Å². The first-order chi connectivity index (χ1) is 11.1. The van der Waals surface area contributed by atoms with Gasteiger partial charge in [0, 0.05) is 31.1 Å². The molecule has 0 spiro atoms. The molecule has 7 heteroatoms. The normalized spacial score (nSPS) is 19.0. The molecule has 2 N–H and O–H groups in total. The molecule has 0 bridgehead atoms. The SMILES string of the molecule is CN=C(NCCCN1CCCCC1C)NCc1nc(C)c(C)s1.I. The highest BCUT2D eigenvalue weighted by Crippen LogP contribution is 2.16. The average Bonchev–Trinajstić information content (AvgIpc) is 2.86. The highest BCUT2D eigenvalue weighted by Gasteiger charge is 2.17. The lowest BCUT2D eigenvalue weighted by molar-refractivity contribution is 0.159. The van der Waals surface area contributed by atoms with Crippen LogP contribution in [0.1, 0.15) is 48.2 Å². The van der Waals surface area contributed by atoms with Gasteiger partial charge in [-0.2, -0.15) is 0 Å². The zero-order chi connectivity index (χ0) is 16.7. The Bertz CT molecular complexity index is 498. The van der Waals surface area contributed by atoms with Gasteiger partial charge in [-0.1, -0.05) is 6.42 Å². The summed E-state index contributed by atoms with van der Waals surface area (Å²) in [5, 5.41) is 7.87. The van der Waals surface area contributed by atoms with E-state index >= 15 is 0 Å². The van der Waals surface area contributed by atoms with E-state index in [1.54, 1.807) is 11.3 Å². The number of guanidine groups is 1. The lowest BCUT2D eigenvalue weighted by atomic mass is 10.0. The molecule has 0 aliphatic carbocycles. The second-order valence-corrected chi connectivity index (χ2v) is 7.62. The number of aryl methyl sites for hydroxylation is 2. The minimum atomic E-state index is 0. The number of nitrogens with zero attached hydrogens (tertiary/aromatic N) is 3. The Kier molecular flexibility index (Phi) is 10.1. The second kappa shape index (κ2) is 11.3. The summed E-state index contributed by atoms with van der Waals surface area (Å²) < 4.78 is 0. The second-order valence-electron chi connectivity index (χ2n) is 6.34. The van der Waals surface area contributed by atoms with Gasteiger partial charge in [0.15, 0.2) is 5.96 Å². The topological polar surface area (TPSA) is 52.6 Å². The maximum Gasteiger partial charge on any atom is 0.191 e. The molecule has 1 aromatic heterocycles. The van der Waals surface area contributed by atoms with Crippen molar-refractivity contribution in [3.8, 4) is 0 Å². The van der Waals surface area contributed by atoms with Crippen LogP contribution in [-0.4, -0.2) is 48.6 Å². The van der Waals surface area contributed by atoms with Gasteiger partial charge in [-0.3, -0.25) is 4.99 Å². The molecule has 0 saturated carbocycles. The van der Waals surface area contributed by atoms with Crippen LogP contribution in [0.25, 0.3) is 0 Å². The fourth-order valence-corrected chi connectivity index (χ4v) is 3.85. The average molecular weight is 465 g/mol. The van der Waals surface area contributed by atoms with Crippen molar-refractivity contribution in [2.45, 2.75) is 59.0 Å². The largest absolute Gasteiger partial charge is 0.356 e. The molecule has 1 unspecified atom stereocenters. The summed E-state index contributed by atoms with van der Waals surface area (Å²) in [4.78, 5) is 12.7. The Morgan fingerprint density at radius 3 is 2.75 bits per heavy atom. The lowest BCUT2D eigenvalue weighted by Gasteiger charge is -2.33. The number of hydrogen-bond donors (Lipinski definition) is 2. The summed E-state index contributed by atoms with van der Waals surface area (Å²) in [6, 6.07) is 0.748. The van der Waals surface area contributed by atoms with Crippen molar-refractivity contribution < 1.29 is 0 Å². The number of rotatable bonds is 6. The summed E-state index contributed by atoms with van der Waals surface area (Å²) in [6.45, 7) is 10.7. The summed E-state index contributed by atoms with van der Waals surface area (Å²) >= 11 is 1.75. The zero-order valence-electron chi connectivity index (χ0n) is 15.4. The molecule has 1 atom stereocenters. The third-order valence-electron chi connectivity index (χ3n) is 4.56. The van der Waals surface area contributed by atoms with E-state index in [2.05, 4.69) is 46.3 Å². The lowest BCUT2D eigenvalue weighted by Crippen LogP contribution is -2.41. The van der Waals surface area contributed by atoms with E-state index in [1.165, 1.54) is 37.2 Å². The van der Waals surface area contributed by atoms with Crippen molar-refractivity contribution in [2.75, 3.05) is 26.7 Å². The van der Waals surface area contributed by atoms with Crippen LogP contribution in [0.15, 0.2) is 4.99 Å². The number of nitrogens with one attached hydrogen (secondary N) is 2. The van der Waals surface area contributed by atoms with Gasteiger partial charge < -0.3 is 15.5 Å². The van der Waals surface area contributed by atoms with Crippen molar-refractivity contribution in [3.05, 3.63) is 15.6 Å².